The topological polar surface area (TPSA) is 63.6 Å². The number of rotatable bonds is 6. The molecule has 1 rings (SSSR count). The molecule has 0 bridgehead atoms. The van der Waals surface area contributed by atoms with Gasteiger partial charge in [-0.15, -0.1) is 0 Å². The first kappa shape index (κ1) is 16.0. The molecular weight excluding hydrogens is 280 g/mol. The molecule has 0 amide bonds. The van der Waals surface area contributed by atoms with Gasteiger partial charge in [0.2, 0.25) is 0 Å². The first-order chi connectivity index (χ1) is 9.40. The third-order valence-corrected chi connectivity index (χ3v) is 2.65. The molecule has 0 atom stereocenters. The van der Waals surface area contributed by atoms with Gasteiger partial charge in [-0.25, -0.2) is 9.59 Å². The maximum atomic E-state index is 11.2. The Kier molecular flexibility index (Phi) is 6.00. The van der Waals surface area contributed by atoms with Gasteiger partial charge in [-0.3, -0.25) is 0 Å². The van der Waals surface area contributed by atoms with E-state index in [0.717, 1.165) is 0 Å². The van der Waals surface area contributed by atoms with Crippen molar-refractivity contribution in [2.45, 2.75) is 13.3 Å². The summed E-state index contributed by atoms with van der Waals surface area (Å²) in [5, 5.41) is 9.64. The molecule has 1 N–H and O–H groups in total. The summed E-state index contributed by atoms with van der Waals surface area (Å²) >= 11 is 5.83. The van der Waals surface area contributed by atoms with Crippen molar-refractivity contribution < 1.29 is 19.4 Å². The second kappa shape index (κ2) is 7.50. The highest BCUT2D eigenvalue weighted by Gasteiger charge is 2.10. The quantitative estimate of drug-likeness (QED) is 0.646. The summed E-state index contributed by atoms with van der Waals surface area (Å²) in [5.74, 6) is -1.59. The molecule has 0 fully saturated rings. The molecule has 0 spiro atoms. The molecule has 0 radical (unpaired) electrons. The van der Waals surface area contributed by atoms with Gasteiger partial charge in [-0.2, -0.15) is 0 Å². The zero-order valence-corrected chi connectivity index (χ0v) is 11.8. The van der Waals surface area contributed by atoms with Crippen LogP contribution in [0.3, 0.4) is 0 Å². The molecule has 4 nitrogen and oxygen atoms in total. The summed E-state index contributed by atoms with van der Waals surface area (Å²) in [5.41, 5.74) is 1.10. The van der Waals surface area contributed by atoms with Crippen molar-refractivity contribution in [3.63, 3.8) is 0 Å². The molecule has 0 unspecified atom stereocenters. The standard InChI is InChI=1S/C15H15ClO4/c1-10(2)15(19)20-7-6-12(14(17)18)8-11-4-3-5-13(16)9-11/h3-5,8-9H,1,6-7H2,2H3,(H,17,18). The van der Waals surface area contributed by atoms with Crippen molar-refractivity contribution in [1.29, 1.82) is 0 Å². The van der Waals surface area contributed by atoms with Crippen LogP contribution in [-0.4, -0.2) is 23.7 Å². The number of carbonyl (C=O) groups excluding carboxylic acids is 1. The molecule has 0 aromatic heterocycles. The van der Waals surface area contributed by atoms with Crippen LogP contribution in [0.4, 0.5) is 0 Å². The smallest absolute Gasteiger partial charge is 0.333 e. The van der Waals surface area contributed by atoms with Gasteiger partial charge in [-0.1, -0.05) is 30.3 Å². The lowest BCUT2D eigenvalue weighted by molar-refractivity contribution is -0.139. The van der Waals surface area contributed by atoms with Crippen molar-refractivity contribution in [2.75, 3.05) is 6.61 Å². The van der Waals surface area contributed by atoms with Crippen LogP contribution in [0.1, 0.15) is 18.9 Å². The molecule has 0 saturated heterocycles. The molecular formula is C15H15ClO4. The molecule has 1 aromatic rings. The average molecular weight is 295 g/mol. The molecule has 106 valence electrons. The van der Waals surface area contributed by atoms with Gasteiger partial charge in [0.15, 0.2) is 0 Å². The Balaban J connectivity index is 2.72. The van der Waals surface area contributed by atoms with Gasteiger partial charge >= 0.3 is 11.9 Å². The fraction of sp³-hybridized carbons (Fsp3) is 0.200. The first-order valence-corrected chi connectivity index (χ1v) is 6.30. The Morgan fingerprint density at radius 1 is 1.45 bits per heavy atom. The molecule has 0 aliphatic carbocycles. The predicted octanol–water partition coefficient (Wildman–Crippen LogP) is 3.32. The van der Waals surface area contributed by atoms with Gasteiger partial charge in [0.1, 0.15) is 0 Å². The van der Waals surface area contributed by atoms with Crippen LogP contribution >= 0.6 is 11.6 Å². The van der Waals surface area contributed by atoms with Gasteiger partial charge in [-0.05, 0) is 30.7 Å². The van der Waals surface area contributed by atoms with E-state index in [4.69, 9.17) is 21.4 Å². The van der Waals surface area contributed by atoms with Gasteiger partial charge in [0.25, 0.3) is 0 Å². The Morgan fingerprint density at radius 3 is 2.70 bits per heavy atom. The van der Waals surface area contributed by atoms with E-state index in [0.29, 0.717) is 10.6 Å². The van der Waals surface area contributed by atoms with Crippen LogP contribution in [-0.2, 0) is 14.3 Å². The predicted molar refractivity (Wildman–Crippen MR) is 77.5 cm³/mol. The number of hydrogen-bond donors (Lipinski definition) is 1. The number of hydrogen-bond acceptors (Lipinski definition) is 3. The molecule has 1 aromatic carbocycles. The first-order valence-electron chi connectivity index (χ1n) is 5.92. The van der Waals surface area contributed by atoms with Crippen LogP contribution < -0.4 is 0 Å². The molecule has 5 heteroatoms. The third kappa shape index (κ3) is 5.28. The molecule has 0 aliphatic heterocycles. The van der Waals surface area contributed by atoms with E-state index < -0.39 is 11.9 Å². The minimum absolute atomic E-state index is 0.00953. The number of aliphatic carboxylic acids is 1. The van der Waals surface area contributed by atoms with Crippen molar-refractivity contribution in [2.24, 2.45) is 0 Å². The largest absolute Gasteiger partial charge is 0.478 e. The summed E-state index contributed by atoms with van der Waals surface area (Å²) in [4.78, 5) is 22.3. The number of carboxylic acid groups (broad SMARTS) is 1. The fourth-order valence-electron chi connectivity index (χ4n) is 1.42. The Bertz CT molecular complexity index is 561. The van der Waals surface area contributed by atoms with Gasteiger partial charge < -0.3 is 9.84 Å². The minimum atomic E-state index is -1.06. The number of carbonyl (C=O) groups is 2. The summed E-state index contributed by atoms with van der Waals surface area (Å²) in [6.45, 7) is 4.97. The van der Waals surface area contributed by atoms with E-state index >= 15 is 0 Å². The molecule has 20 heavy (non-hydrogen) atoms. The van der Waals surface area contributed by atoms with E-state index in [-0.39, 0.29) is 24.2 Å². The maximum absolute atomic E-state index is 11.2. The number of halogens is 1. The zero-order chi connectivity index (χ0) is 15.1. The van der Waals surface area contributed by atoms with E-state index in [9.17, 15) is 9.59 Å². The molecule has 0 heterocycles. The SMILES string of the molecule is C=C(C)C(=O)OCCC(=Cc1cccc(Cl)c1)C(=O)O. The summed E-state index contributed by atoms with van der Waals surface area (Å²) in [6, 6.07) is 6.84. The van der Waals surface area contributed by atoms with E-state index in [1.807, 2.05) is 0 Å². The fourth-order valence-corrected chi connectivity index (χ4v) is 1.61. The molecule has 0 aliphatic rings. The van der Waals surface area contributed by atoms with E-state index in [2.05, 4.69) is 6.58 Å². The number of carboxylic acids is 1. The van der Waals surface area contributed by atoms with Gasteiger partial charge in [0, 0.05) is 22.6 Å². The second-order valence-corrected chi connectivity index (χ2v) is 4.63. The van der Waals surface area contributed by atoms with E-state index in [1.165, 1.54) is 13.0 Å². The van der Waals surface area contributed by atoms with Crippen LogP contribution in [0.15, 0.2) is 42.0 Å². The average Bonchev–Trinajstić information content (AvgIpc) is 2.37. The van der Waals surface area contributed by atoms with Crippen molar-refractivity contribution >= 4 is 29.6 Å². The lowest BCUT2D eigenvalue weighted by Crippen LogP contribution is -2.09. The van der Waals surface area contributed by atoms with Crippen molar-refractivity contribution in [3.05, 3.63) is 52.6 Å². The van der Waals surface area contributed by atoms with E-state index in [1.54, 1.807) is 24.3 Å². The highest BCUT2D eigenvalue weighted by atomic mass is 35.5. The lowest BCUT2D eigenvalue weighted by Gasteiger charge is -2.05. The monoisotopic (exact) mass is 294 g/mol. The number of esters is 1. The highest BCUT2D eigenvalue weighted by Crippen LogP contribution is 2.15. The van der Waals surface area contributed by atoms with Gasteiger partial charge in [0.05, 0.1) is 6.61 Å². The Morgan fingerprint density at radius 2 is 2.15 bits per heavy atom. The highest BCUT2D eigenvalue weighted by molar-refractivity contribution is 6.30. The summed E-state index contributed by atoms with van der Waals surface area (Å²) in [6.07, 6.45) is 1.61. The Labute approximate surface area is 122 Å². The minimum Gasteiger partial charge on any atom is -0.478 e. The second-order valence-electron chi connectivity index (χ2n) is 4.20. The molecule has 0 saturated carbocycles. The normalized spacial score (nSPS) is 11.0. The number of benzene rings is 1. The van der Waals surface area contributed by atoms with Crippen molar-refractivity contribution in [3.8, 4) is 0 Å². The Hall–Kier alpha value is -2.07. The summed E-state index contributed by atoms with van der Waals surface area (Å²) < 4.78 is 4.88. The zero-order valence-electron chi connectivity index (χ0n) is 11.1. The number of ether oxygens (including phenoxy) is 1. The van der Waals surface area contributed by atoms with Crippen molar-refractivity contribution in [1.82, 2.24) is 0 Å². The van der Waals surface area contributed by atoms with Crippen LogP contribution in [0.25, 0.3) is 6.08 Å². The lowest BCUT2D eigenvalue weighted by atomic mass is 10.1. The van der Waals surface area contributed by atoms with Crippen LogP contribution in [0.5, 0.6) is 0 Å². The third-order valence-electron chi connectivity index (χ3n) is 2.42. The summed E-state index contributed by atoms with van der Waals surface area (Å²) in [7, 11) is 0. The maximum Gasteiger partial charge on any atom is 0.333 e. The van der Waals surface area contributed by atoms with Crippen LogP contribution in [0, 0.1) is 0 Å². The van der Waals surface area contributed by atoms with Crippen LogP contribution in [0.2, 0.25) is 5.02 Å².